The molecule has 0 amide bonds. The summed E-state index contributed by atoms with van der Waals surface area (Å²) in [6.45, 7) is 1.28. The van der Waals surface area contributed by atoms with Gasteiger partial charge in [-0.3, -0.25) is 10.1 Å². The van der Waals surface area contributed by atoms with Gasteiger partial charge >= 0.3 is 0 Å². The number of ether oxygens (including phenoxy) is 2. The van der Waals surface area contributed by atoms with Crippen LogP contribution >= 0.6 is 0 Å². The van der Waals surface area contributed by atoms with E-state index in [1.54, 1.807) is 24.1 Å². The SMILES string of the molecule is CN(CCOc1ccccc1F)c1ccc(S(=O)(=O)N2CCOCC2)cc1[N+](=O)[O-]. The van der Waals surface area contributed by atoms with E-state index in [0.29, 0.717) is 0 Å². The molecule has 1 saturated heterocycles. The molecule has 1 heterocycles. The van der Waals surface area contributed by atoms with Gasteiger partial charge in [0.15, 0.2) is 11.6 Å². The van der Waals surface area contributed by atoms with E-state index in [9.17, 15) is 22.9 Å². The van der Waals surface area contributed by atoms with Gasteiger partial charge in [-0.15, -0.1) is 0 Å². The van der Waals surface area contributed by atoms with Crippen LogP contribution in [0.25, 0.3) is 0 Å². The van der Waals surface area contributed by atoms with E-state index in [4.69, 9.17) is 9.47 Å². The first-order chi connectivity index (χ1) is 14.3. The standard InChI is InChI=1S/C19H22FN3O6S/c1-21(8-13-29-19-5-3-2-4-16(19)20)17-7-6-15(14-18(17)23(24)25)30(26,27)22-9-11-28-12-10-22/h2-7,14H,8-13H2,1H3. The normalized spacial score (nSPS) is 15.0. The third kappa shape index (κ3) is 4.86. The Hall–Kier alpha value is -2.76. The Bertz CT molecular complexity index is 1010. The fourth-order valence-corrected chi connectivity index (χ4v) is 4.47. The van der Waals surface area contributed by atoms with Crippen LogP contribution in [0.15, 0.2) is 47.4 Å². The van der Waals surface area contributed by atoms with Gasteiger partial charge in [0.05, 0.1) is 29.6 Å². The maximum absolute atomic E-state index is 13.6. The Labute approximate surface area is 173 Å². The Morgan fingerprint density at radius 2 is 1.93 bits per heavy atom. The van der Waals surface area contributed by atoms with Crippen molar-refractivity contribution in [1.29, 1.82) is 0 Å². The fraction of sp³-hybridized carbons (Fsp3) is 0.368. The van der Waals surface area contributed by atoms with Gasteiger partial charge in [0.25, 0.3) is 5.69 Å². The average molecular weight is 439 g/mol. The summed E-state index contributed by atoms with van der Waals surface area (Å²) in [5, 5.41) is 11.6. The number of nitro benzene ring substituents is 1. The first kappa shape index (κ1) is 21.9. The molecule has 1 aliphatic rings. The summed E-state index contributed by atoms with van der Waals surface area (Å²) in [7, 11) is -2.24. The minimum absolute atomic E-state index is 0.0857. The zero-order chi connectivity index (χ0) is 21.7. The first-order valence-corrected chi connectivity index (χ1v) is 10.7. The summed E-state index contributed by atoms with van der Waals surface area (Å²) in [5.74, 6) is -0.406. The van der Waals surface area contributed by atoms with E-state index in [1.807, 2.05) is 0 Å². The van der Waals surface area contributed by atoms with Crippen molar-refractivity contribution in [3.05, 3.63) is 58.4 Å². The molecule has 9 nitrogen and oxygen atoms in total. The lowest BCUT2D eigenvalue weighted by Gasteiger charge is -2.26. The third-order valence-corrected chi connectivity index (χ3v) is 6.58. The molecule has 0 saturated carbocycles. The number of rotatable bonds is 8. The van der Waals surface area contributed by atoms with Crippen LogP contribution in [0, 0.1) is 15.9 Å². The van der Waals surface area contributed by atoms with Crippen LogP contribution in [-0.2, 0) is 14.8 Å². The number of nitrogens with zero attached hydrogens (tertiary/aromatic N) is 3. The summed E-state index contributed by atoms with van der Waals surface area (Å²) in [4.78, 5) is 12.4. The quantitative estimate of drug-likeness (QED) is 0.459. The van der Waals surface area contributed by atoms with Crippen molar-refractivity contribution in [3.63, 3.8) is 0 Å². The second kappa shape index (κ2) is 9.37. The smallest absolute Gasteiger partial charge is 0.293 e. The highest BCUT2D eigenvalue weighted by molar-refractivity contribution is 7.89. The second-order valence-corrected chi connectivity index (χ2v) is 8.56. The number of anilines is 1. The van der Waals surface area contributed by atoms with Crippen LogP contribution in [0.2, 0.25) is 0 Å². The lowest BCUT2D eigenvalue weighted by molar-refractivity contribution is -0.384. The van der Waals surface area contributed by atoms with E-state index in [2.05, 4.69) is 0 Å². The predicted molar refractivity (Wildman–Crippen MR) is 108 cm³/mol. The van der Waals surface area contributed by atoms with E-state index in [-0.39, 0.29) is 61.5 Å². The van der Waals surface area contributed by atoms with Gasteiger partial charge in [0.1, 0.15) is 12.3 Å². The monoisotopic (exact) mass is 439 g/mol. The molecule has 0 N–H and O–H groups in total. The van der Waals surface area contributed by atoms with Gasteiger partial charge in [0, 0.05) is 26.2 Å². The number of nitro groups is 1. The third-order valence-electron chi connectivity index (χ3n) is 4.68. The van der Waals surface area contributed by atoms with Crippen molar-refractivity contribution in [2.24, 2.45) is 0 Å². The van der Waals surface area contributed by atoms with E-state index >= 15 is 0 Å². The molecule has 0 aliphatic carbocycles. The molecule has 162 valence electrons. The Morgan fingerprint density at radius 3 is 2.60 bits per heavy atom. The molecule has 0 aromatic heterocycles. The van der Waals surface area contributed by atoms with Crippen LogP contribution < -0.4 is 9.64 Å². The highest BCUT2D eigenvalue weighted by Crippen LogP contribution is 2.31. The zero-order valence-electron chi connectivity index (χ0n) is 16.4. The van der Waals surface area contributed by atoms with E-state index < -0.39 is 20.8 Å². The summed E-state index contributed by atoms with van der Waals surface area (Å²) in [5.41, 5.74) is -0.101. The summed E-state index contributed by atoms with van der Waals surface area (Å²) in [6, 6.07) is 9.76. The van der Waals surface area contributed by atoms with Crippen molar-refractivity contribution < 1.29 is 27.2 Å². The van der Waals surface area contributed by atoms with Crippen molar-refractivity contribution in [2.75, 3.05) is 51.4 Å². The zero-order valence-corrected chi connectivity index (χ0v) is 17.2. The number of sulfonamides is 1. The van der Waals surface area contributed by atoms with Gasteiger partial charge in [-0.05, 0) is 24.3 Å². The molecule has 1 fully saturated rings. The molecular formula is C19H22FN3O6S. The number of halogens is 1. The van der Waals surface area contributed by atoms with Crippen LogP contribution in [0.3, 0.4) is 0 Å². The topological polar surface area (TPSA) is 102 Å². The Balaban J connectivity index is 1.76. The lowest BCUT2D eigenvalue weighted by atomic mass is 10.2. The largest absolute Gasteiger partial charge is 0.489 e. The number of likely N-dealkylation sites (N-methyl/N-ethyl adjacent to an activating group) is 1. The minimum Gasteiger partial charge on any atom is -0.489 e. The van der Waals surface area contributed by atoms with Gasteiger partial charge < -0.3 is 14.4 Å². The van der Waals surface area contributed by atoms with Crippen molar-refractivity contribution in [3.8, 4) is 5.75 Å². The molecule has 0 atom stereocenters. The van der Waals surface area contributed by atoms with Crippen molar-refractivity contribution >= 4 is 21.4 Å². The van der Waals surface area contributed by atoms with Crippen molar-refractivity contribution in [1.82, 2.24) is 4.31 Å². The van der Waals surface area contributed by atoms with Crippen LogP contribution in [0.5, 0.6) is 5.75 Å². The molecule has 2 aromatic rings. The highest BCUT2D eigenvalue weighted by Gasteiger charge is 2.29. The van der Waals surface area contributed by atoms with Crippen molar-refractivity contribution in [2.45, 2.75) is 4.90 Å². The lowest BCUT2D eigenvalue weighted by Crippen LogP contribution is -2.40. The van der Waals surface area contributed by atoms with Crippen LogP contribution in [-0.4, -0.2) is 64.1 Å². The molecular weight excluding hydrogens is 417 g/mol. The average Bonchev–Trinajstić information content (AvgIpc) is 2.75. The maximum Gasteiger partial charge on any atom is 0.293 e. The highest BCUT2D eigenvalue weighted by atomic mass is 32.2. The Kier molecular flexibility index (Phi) is 6.85. The van der Waals surface area contributed by atoms with E-state index in [1.165, 1.54) is 28.6 Å². The molecule has 30 heavy (non-hydrogen) atoms. The van der Waals surface area contributed by atoms with Crippen LogP contribution in [0.1, 0.15) is 0 Å². The molecule has 0 radical (unpaired) electrons. The predicted octanol–water partition coefficient (Wildman–Crippen LogP) is 2.27. The molecule has 3 rings (SSSR count). The summed E-state index contributed by atoms with van der Waals surface area (Å²) >= 11 is 0. The van der Waals surface area contributed by atoms with Crippen LogP contribution in [0.4, 0.5) is 15.8 Å². The maximum atomic E-state index is 13.6. The number of benzene rings is 2. The number of para-hydroxylation sites is 1. The summed E-state index contributed by atoms with van der Waals surface area (Å²) < 4.78 is 51.0. The number of hydrogen-bond acceptors (Lipinski definition) is 7. The molecule has 11 heteroatoms. The van der Waals surface area contributed by atoms with Gasteiger partial charge in [-0.25, -0.2) is 12.8 Å². The van der Waals surface area contributed by atoms with Gasteiger partial charge in [-0.1, -0.05) is 12.1 Å². The second-order valence-electron chi connectivity index (χ2n) is 6.62. The molecule has 2 aromatic carbocycles. The molecule has 0 spiro atoms. The Morgan fingerprint density at radius 1 is 1.23 bits per heavy atom. The fourth-order valence-electron chi connectivity index (χ4n) is 3.04. The molecule has 0 bridgehead atoms. The first-order valence-electron chi connectivity index (χ1n) is 9.25. The molecule has 1 aliphatic heterocycles. The number of morpholine rings is 1. The summed E-state index contributed by atoms with van der Waals surface area (Å²) in [6.07, 6.45) is 0. The number of hydrogen-bond donors (Lipinski definition) is 0. The van der Waals surface area contributed by atoms with Gasteiger partial charge in [-0.2, -0.15) is 4.31 Å². The van der Waals surface area contributed by atoms with Gasteiger partial charge in [0.2, 0.25) is 10.0 Å². The molecule has 0 unspecified atom stereocenters. The van der Waals surface area contributed by atoms with E-state index in [0.717, 1.165) is 6.07 Å². The minimum atomic E-state index is -3.85.